The Balaban J connectivity index is 2.41. The van der Waals surface area contributed by atoms with Gasteiger partial charge in [0.1, 0.15) is 11.6 Å². The van der Waals surface area contributed by atoms with Crippen molar-refractivity contribution in [2.24, 2.45) is 0 Å². The molecule has 2 aromatic rings. The largest absolute Gasteiger partial charge is 0.507 e. The number of carbonyl (C=O) groups is 1. The molecule has 0 amide bonds. The van der Waals surface area contributed by atoms with Gasteiger partial charge in [0.05, 0.1) is 7.11 Å². The summed E-state index contributed by atoms with van der Waals surface area (Å²) in [5.41, 5.74) is 1.04. The minimum atomic E-state index is -0.629. The van der Waals surface area contributed by atoms with Crippen LogP contribution in [0.25, 0.3) is 11.1 Å². The van der Waals surface area contributed by atoms with Gasteiger partial charge in [-0.05, 0) is 17.7 Å². The van der Waals surface area contributed by atoms with Crippen LogP contribution in [0.15, 0.2) is 36.5 Å². The van der Waals surface area contributed by atoms with Crippen LogP contribution < -0.4 is 0 Å². The van der Waals surface area contributed by atoms with Gasteiger partial charge in [-0.2, -0.15) is 0 Å². The maximum Gasteiger partial charge on any atom is 0.356 e. The van der Waals surface area contributed by atoms with Crippen molar-refractivity contribution >= 4 is 5.97 Å². The molecule has 0 aliphatic heterocycles. The van der Waals surface area contributed by atoms with Crippen LogP contribution in [-0.2, 0) is 4.74 Å². The minimum Gasteiger partial charge on any atom is -0.507 e. The first-order valence-corrected chi connectivity index (χ1v) is 5.15. The number of esters is 1. The molecule has 0 saturated carbocycles. The Morgan fingerprint density at radius 2 is 2.00 bits per heavy atom. The molecule has 1 N–H and O–H groups in total. The Morgan fingerprint density at radius 1 is 1.33 bits per heavy atom. The highest BCUT2D eigenvalue weighted by atomic mass is 19.1. The van der Waals surface area contributed by atoms with E-state index < -0.39 is 5.97 Å². The molecule has 0 spiro atoms. The number of hydrogen-bond donors (Lipinski definition) is 1. The smallest absolute Gasteiger partial charge is 0.356 e. The highest BCUT2D eigenvalue weighted by molar-refractivity contribution is 5.88. The number of nitrogens with zero attached hydrogens (tertiary/aromatic N) is 1. The lowest BCUT2D eigenvalue weighted by Crippen LogP contribution is -2.03. The molecular formula is C13H10FNO3. The number of benzene rings is 1. The van der Waals surface area contributed by atoms with Crippen LogP contribution in [0.3, 0.4) is 0 Å². The third kappa shape index (κ3) is 2.29. The molecule has 2 rings (SSSR count). The third-order valence-electron chi connectivity index (χ3n) is 2.43. The number of rotatable bonds is 2. The topological polar surface area (TPSA) is 59.4 Å². The highest BCUT2D eigenvalue weighted by Crippen LogP contribution is 2.28. The second-order valence-corrected chi connectivity index (χ2v) is 3.59. The molecule has 4 nitrogen and oxygen atoms in total. The molecule has 0 aliphatic carbocycles. The van der Waals surface area contributed by atoms with Crippen LogP contribution >= 0.6 is 0 Å². The molecule has 0 atom stereocenters. The number of aromatic nitrogens is 1. The maximum atomic E-state index is 12.8. The van der Waals surface area contributed by atoms with Gasteiger partial charge in [0.2, 0.25) is 0 Å². The molecule has 0 bridgehead atoms. The number of methoxy groups -OCH3 is 1. The monoisotopic (exact) mass is 247 g/mol. The van der Waals surface area contributed by atoms with Crippen LogP contribution in [0, 0.1) is 5.82 Å². The van der Waals surface area contributed by atoms with E-state index in [1.165, 1.54) is 43.6 Å². The zero-order valence-corrected chi connectivity index (χ0v) is 9.55. The Labute approximate surface area is 103 Å². The van der Waals surface area contributed by atoms with E-state index in [4.69, 9.17) is 0 Å². The van der Waals surface area contributed by atoms with Gasteiger partial charge in [0.25, 0.3) is 0 Å². The molecule has 0 aliphatic rings. The van der Waals surface area contributed by atoms with E-state index in [2.05, 4.69) is 9.72 Å². The van der Waals surface area contributed by atoms with E-state index in [0.717, 1.165) is 0 Å². The van der Waals surface area contributed by atoms with Gasteiger partial charge in [0, 0.05) is 17.8 Å². The fourth-order valence-corrected chi connectivity index (χ4v) is 1.51. The number of halogens is 1. The SMILES string of the molecule is COC(=O)c1cc(O)c(-c2ccc(F)cc2)cn1. The summed E-state index contributed by atoms with van der Waals surface area (Å²) in [6.07, 6.45) is 1.34. The molecule has 18 heavy (non-hydrogen) atoms. The van der Waals surface area contributed by atoms with E-state index in [0.29, 0.717) is 11.1 Å². The second kappa shape index (κ2) is 4.83. The summed E-state index contributed by atoms with van der Waals surface area (Å²) in [6, 6.07) is 6.81. The van der Waals surface area contributed by atoms with Crippen LogP contribution in [0.4, 0.5) is 4.39 Å². The first-order chi connectivity index (χ1) is 8.61. The average Bonchev–Trinajstić information content (AvgIpc) is 2.39. The summed E-state index contributed by atoms with van der Waals surface area (Å²) in [6.45, 7) is 0. The summed E-state index contributed by atoms with van der Waals surface area (Å²) in [7, 11) is 1.23. The van der Waals surface area contributed by atoms with Gasteiger partial charge in [0.15, 0.2) is 5.69 Å². The van der Waals surface area contributed by atoms with Gasteiger partial charge >= 0.3 is 5.97 Å². The lowest BCUT2D eigenvalue weighted by Gasteiger charge is -2.05. The van der Waals surface area contributed by atoms with E-state index in [-0.39, 0.29) is 17.3 Å². The predicted molar refractivity (Wildman–Crippen MR) is 62.6 cm³/mol. The Morgan fingerprint density at radius 3 is 2.56 bits per heavy atom. The van der Waals surface area contributed by atoms with Crippen LogP contribution in [0.1, 0.15) is 10.5 Å². The molecule has 0 fully saturated rings. The van der Waals surface area contributed by atoms with Crippen molar-refractivity contribution in [1.29, 1.82) is 0 Å². The molecule has 92 valence electrons. The zero-order valence-electron chi connectivity index (χ0n) is 9.55. The van der Waals surface area contributed by atoms with Gasteiger partial charge in [-0.25, -0.2) is 14.2 Å². The van der Waals surface area contributed by atoms with E-state index in [1.807, 2.05) is 0 Å². The first-order valence-electron chi connectivity index (χ1n) is 5.15. The molecular weight excluding hydrogens is 237 g/mol. The molecule has 1 heterocycles. The number of carbonyl (C=O) groups excluding carboxylic acids is 1. The summed E-state index contributed by atoms with van der Waals surface area (Å²) in [4.78, 5) is 15.1. The van der Waals surface area contributed by atoms with E-state index in [9.17, 15) is 14.3 Å². The van der Waals surface area contributed by atoms with Crippen molar-refractivity contribution in [3.63, 3.8) is 0 Å². The van der Waals surface area contributed by atoms with Crippen molar-refractivity contribution in [2.75, 3.05) is 7.11 Å². The fraction of sp³-hybridized carbons (Fsp3) is 0.0769. The van der Waals surface area contributed by atoms with E-state index >= 15 is 0 Å². The van der Waals surface area contributed by atoms with Gasteiger partial charge < -0.3 is 9.84 Å². The fourth-order valence-electron chi connectivity index (χ4n) is 1.51. The van der Waals surface area contributed by atoms with Crippen LogP contribution in [0.5, 0.6) is 5.75 Å². The van der Waals surface area contributed by atoms with Crippen molar-refractivity contribution < 1.29 is 19.0 Å². The van der Waals surface area contributed by atoms with Gasteiger partial charge in [-0.15, -0.1) is 0 Å². The molecule has 0 saturated heterocycles. The Bertz CT molecular complexity index is 581. The lowest BCUT2D eigenvalue weighted by molar-refractivity contribution is 0.0593. The number of pyridine rings is 1. The van der Waals surface area contributed by atoms with Crippen LogP contribution in [-0.4, -0.2) is 23.2 Å². The van der Waals surface area contributed by atoms with Crippen molar-refractivity contribution in [3.05, 3.63) is 48.0 Å². The first kappa shape index (κ1) is 12.0. The predicted octanol–water partition coefficient (Wildman–Crippen LogP) is 2.38. The van der Waals surface area contributed by atoms with Crippen molar-refractivity contribution in [3.8, 4) is 16.9 Å². The van der Waals surface area contributed by atoms with Gasteiger partial charge in [-0.3, -0.25) is 0 Å². The van der Waals surface area contributed by atoms with Gasteiger partial charge in [-0.1, -0.05) is 12.1 Å². The lowest BCUT2D eigenvalue weighted by atomic mass is 10.1. The molecule has 1 aromatic carbocycles. The zero-order chi connectivity index (χ0) is 13.1. The average molecular weight is 247 g/mol. The standard InChI is InChI=1S/C13H10FNO3/c1-18-13(17)11-6-12(16)10(7-15-11)8-2-4-9(14)5-3-8/h2-7H,1H3,(H,15,16). The quantitative estimate of drug-likeness (QED) is 0.828. The number of aromatic hydroxyl groups is 1. The summed E-state index contributed by atoms with van der Waals surface area (Å²) in [5.74, 6) is -1.11. The van der Waals surface area contributed by atoms with E-state index in [1.54, 1.807) is 0 Å². The molecule has 5 heteroatoms. The van der Waals surface area contributed by atoms with Crippen molar-refractivity contribution in [2.45, 2.75) is 0 Å². The summed E-state index contributed by atoms with van der Waals surface area (Å²) >= 11 is 0. The summed E-state index contributed by atoms with van der Waals surface area (Å²) in [5, 5.41) is 9.82. The Hall–Kier alpha value is -2.43. The third-order valence-corrected chi connectivity index (χ3v) is 2.43. The molecule has 1 aromatic heterocycles. The molecule has 0 radical (unpaired) electrons. The summed E-state index contributed by atoms with van der Waals surface area (Å²) < 4.78 is 17.3. The van der Waals surface area contributed by atoms with Crippen LogP contribution in [0.2, 0.25) is 0 Å². The maximum absolute atomic E-state index is 12.8. The molecule has 0 unspecified atom stereocenters. The number of hydrogen-bond acceptors (Lipinski definition) is 4. The number of ether oxygens (including phenoxy) is 1. The Kier molecular flexibility index (Phi) is 3.23. The van der Waals surface area contributed by atoms with Crippen molar-refractivity contribution in [1.82, 2.24) is 4.98 Å². The highest BCUT2D eigenvalue weighted by Gasteiger charge is 2.12. The second-order valence-electron chi connectivity index (χ2n) is 3.59. The minimum absolute atomic E-state index is 0.0147. The normalized spacial score (nSPS) is 10.1.